The number of thiazole rings is 1. The molecule has 6 nitrogen and oxygen atoms in total. The van der Waals surface area contributed by atoms with Crippen LogP contribution in [0.1, 0.15) is 54.6 Å². The number of amides is 2. The number of nitrogens with zero attached hydrogens (tertiary/aromatic N) is 3. The highest BCUT2D eigenvalue weighted by molar-refractivity contribution is 7.16. The molecule has 1 aliphatic carbocycles. The Bertz CT molecular complexity index is 809. The van der Waals surface area contributed by atoms with Crippen LogP contribution in [0, 0.1) is 5.92 Å². The van der Waals surface area contributed by atoms with E-state index in [-0.39, 0.29) is 17.9 Å². The van der Waals surface area contributed by atoms with Gasteiger partial charge in [-0.2, -0.15) is 0 Å². The maximum Gasteiger partial charge on any atom is 0.265 e. The van der Waals surface area contributed by atoms with E-state index in [4.69, 9.17) is 0 Å². The molecule has 1 N–H and O–H groups in total. The minimum atomic E-state index is 0.0357. The van der Waals surface area contributed by atoms with Crippen molar-refractivity contribution in [1.82, 2.24) is 20.2 Å². The highest BCUT2D eigenvalue weighted by Gasteiger charge is 2.27. The number of carbonyl (C=O) groups is 2. The summed E-state index contributed by atoms with van der Waals surface area (Å²) in [6, 6.07) is 3.98. The number of carbonyl (C=O) groups excluding carboxylic acids is 2. The van der Waals surface area contributed by atoms with Crippen LogP contribution >= 0.6 is 11.3 Å². The molecule has 3 heterocycles. The first-order chi connectivity index (χ1) is 13.7. The average molecular weight is 399 g/mol. The number of hydrogen-bond acceptors (Lipinski definition) is 5. The summed E-state index contributed by atoms with van der Waals surface area (Å²) in [5.74, 6) is 0.789. The Balaban J connectivity index is 1.27. The van der Waals surface area contributed by atoms with Crippen LogP contribution in [0.3, 0.4) is 0 Å². The molecule has 2 fully saturated rings. The maximum atomic E-state index is 12.8. The number of rotatable bonds is 5. The van der Waals surface area contributed by atoms with Crippen molar-refractivity contribution in [1.29, 1.82) is 0 Å². The van der Waals surface area contributed by atoms with Crippen molar-refractivity contribution >= 4 is 23.2 Å². The van der Waals surface area contributed by atoms with Crippen molar-refractivity contribution in [3.05, 3.63) is 35.6 Å². The van der Waals surface area contributed by atoms with Crippen molar-refractivity contribution in [2.24, 2.45) is 5.92 Å². The van der Waals surface area contributed by atoms with Gasteiger partial charge in [0.2, 0.25) is 5.91 Å². The lowest BCUT2D eigenvalue weighted by Gasteiger charge is -2.32. The molecular formula is C21H26N4O2S. The number of nitrogens with one attached hydrogen (secondary N) is 1. The summed E-state index contributed by atoms with van der Waals surface area (Å²) in [5, 5.41) is 4.01. The van der Waals surface area contributed by atoms with Gasteiger partial charge in [0.1, 0.15) is 9.88 Å². The highest BCUT2D eigenvalue weighted by atomic mass is 32.1. The molecule has 4 rings (SSSR count). The van der Waals surface area contributed by atoms with E-state index in [1.807, 2.05) is 17.0 Å². The lowest BCUT2D eigenvalue weighted by atomic mass is 10.0. The Hall–Kier alpha value is -2.28. The fraction of sp³-hybridized carbons (Fsp3) is 0.524. The number of likely N-dealkylation sites (tertiary alicyclic amines) is 1. The van der Waals surface area contributed by atoms with Crippen LogP contribution in [0.2, 0.25) is 0 Å². The summed E-state index contributed by atoms with van der Waals surface area (Å²) in [5.41, 5.74) is 0.975. The van der Waals surface area contributed by atoms with Crippen LogP contribution in [0.25, 0.3) is 10.6 Å². The third kappa shape index (κ3) is 4.58. The standard InChI is InChI=1S/C21H26N4O2S/c26-19(13-15-3-1-2-4-15)24-17-7-11-25(12-8-17)21(27)18-14-23-20(28-18)16-5-9-22-10-6-16/h5-6,9-10,14-15,17H,1-4,7-8,11-13H2,(H,24,26). The van der Waals surface area contributed by atoms with Crippen LogP contribution < -0.4 is 5.32 Å². The van der Waals surface area contributed by atoms with Gasteiger partial charge in [-0.15, -0.1) is 11.3 Å². The van der Waals surface area contributed by atoms with Gasteiger partial charge in [0.05, 0.1) is 6.20 Å². The molecule has 2 aliphatic rings. The Morgan fingerprint density at radius 3 is 2.54 bits per heavy atom. The molecule has 0 spiro atoms. The zero-order valence-electron chi connectivity index (χ0n) is 16.0. The van der Waals surface area contributed by atoms with Crippen LogP contribution in [0.15, 0.2) is 30.7 Å². The van der Waals surface area contributed by atoms with Crippen molar-refractivity contribution < 1.29 is 9.59 Å². The van der Waals surface area contributed by atoms with E-state index in [1.54, 1.807) is 18.6 Å². The quantitative estimate of drug-likeness (QED) is 0.836. The molecule has 148 valence electrons. The Labute approximate surface area is 169 Å². The summed E-state index contributed by atoms with van der Waals surface area (Å²) in [6.45, 7) is 1.35. The fourth-order valence-electron chi connectivity index (χ4n) is 4.15. The molecule has 0 bridgehead atoms. The smallest absolute Gasteiger partial charge is 0.265 e. The number of piperidine rings is 1. The predicted molar refractivity (Wildman–Crippen MR) is 109 cm³/mol. The average Bonchev–Trinajstić information content (AvgIpc) is 3.41. The first-order valence-electron chi connectivity index (χ1n) is 10.1. The lowest BCUT2D eigenvalue weighted by molar-refractivity contribution is -0.122. The van der Waals surface area contributed by atoms with E-state index in [1.165, 1.54) is 37.0 Å². The van der Waals surface area contributed by atoms with Gasteiger partial charge in [-0.1, -0.05) is 12.8 Å². The molecule has 28 heavy (non-hydrogen) atoms. The molecule has 1 saturated carbocycles. The summed E-state index contributed by atoms with van der Waals surface area (Å²) in [6.07, 6.45) is 12.3. The molecule has 2 aromatic heterocycles. The third-order valence-corrected chi connectivity index (χ3v) is 6.77. The second-order valence-electron chi connectivity index (χ2n) is 7.75. The highest BCUT2D eigenvalue weighted by Crippen LogP contribution is 2.28. The van der Waals surface area contributed by atoms with E-state index < -0.39 is 0 Å². The third-order valence-electron chi connectivity index (χ3n) is 5.74. The van der Waals surface area contributed by atoms with Gasteiger partial charge in [0, 0.05) is 43.5 Å². The molecule has 1 aliphatic heterocycles. The van der Waals surface area contributed by atoms with E-state index in [9.17, 15) is 9.59 Å². The summed E-state index contributed by atoms with van der Waals surface area (Å²) < 4.78 is 0. The van der Waals surface area contributed by atoms with Gasteiger partial charge in [0.25, 0.3) is 5.91 Å². The van der Waals surface area contributed by atoms with Crippen LogP contribution in [-0.4, -0.2) is 45.8 Å². The fourth-order valence-corrected chi connectivity index (χ4v) is 5.04. The zero-order valence-corrected chi connectivity index (χ0v) is 16.8. The molecular weight excluding hydrogens is 372 g/mol. The first-order valence-corrected chi connectivity index (χ1v) is 11.0. The van der Waals surface area contributed by atoms with Gasteiger partial charge in [-0.05, 0) is 43.7 Å². The van der Waals surface area contributed by atoms with Gasteiger partial charge >= 0.3 is 0 Å². The normalized spacial score (nSPS) is 18.4. The monoisotopic (exact) mass is 398 g/mol. The lowest BCUT2D eigenvalue weighted by Crippen LogP contribution is -2.46. The largest absolute Gasteiger partial charge is 0.353 e. The SMILES string of the molecule is O=C(CC1CCCC1)NC1CCN(C(=O)c2cnc(-c3ccncc3)s2)CC1. The summed E-state index contributed by atoms with van der Waals surface area (Å²) in [7, 11) is 0. The summed E-state index contributed by atoms with van der Waals surface area (Å²) in [4.78, 5) is 36.0. The first kappa shape index (κ1) is 19.1. The minimum absolute atomic E-state index is 0.0357. The Morgan fingerprint density at radius 2 is 1.82 bits per heavy atom. The Morgan fingerprint density at radius 1 is 1.11 bits per heavy atom. The molecule has 0 radical (unpaired) electrons. The summed E-state index contributed by atoms with van der Waals surface area (Å²) >= 11 is 1.42. The van der Waals surface area contributed by atoms with E-state index in [0.29, 0.717) is 30.3 Å². The molecule has 7 heteroatoms. The van der Waals surface area contributed by atoms with Crippen molar-refractivity contribution in [3.8, 4) is 10.6 Å². The van der Waals surface area contributed by atoms with E-state index in [0.717, 1.165) is 23.4 Å². The molecule has 0 unspecified atom stereocenters. The molecule has 1 saturated heterocycles. The second-order valence-corrected chi connectivity index (χ2v) is 8.78. The van der Waals surface area contributed by atoms with Crippen molar-refractivity contribution in [3.63, 3.8) is 0 Å². The molecule has 0 aromatic carbocycles. The second kappa shape index (κ2) is 8.82. The van der Waals surface area contributed by atoms with Crippen molar-refractivity contribution in [2.75, 3.05) is 13.1 Å². The molecule has 2 aromatic rings. The van der Waals surface area contributed by atoms with Gasteiger partial charge in [-0.3, -0.25) is 14.6 Å². The Kier molecular flexibility index (Phi) is 6.00. The zero-order chi connectivity index (χ0) is 19.3. The maximum absolute atomic E-state index is 12.8. The van der Waals surface area contributed by atoms with Gasteiger partial charge in [-0.25, -0.2) is 4.98 Å². The number of hydrogen-bond donors (Lipinski definition) is 1. The molecule has 2 amide bonds. The van der Waals surface area contributed by atoms with Gasteiger partial charge in [0.15, 0.2) is 0 Å². The topological polar surface area (TPSA) is 75.2 Å². The van der Waals surface area contributed by atoms with Crippen LogP contribution in [0.4, 0.5) is 0 Å². The van der Waals surface area contributed by atoms with E-state index in [2.05, 4.69) is 15.3 Å². The van der Waals surface area contributed by atoms with Crippen LogP contribution in [0.5, 0.6) is 0 Å². The minimum Gasteiger partial charge on any atom is -0.353 e. The number of pyridine rings is 1. The molecule has 0 atom stereocenters. The predicted octanol–water partition coefficient (Wildman–Crippen LogP) is 3.51. The van der Waals surface area contributed by atoms with E-state index >= 15 is 0 Å². The van der Waals surface area contributed by atoms with Crippen molar-refractivity contribution in [2.45, 2.75) is 51.0 Å². The number of aromatic nitrogens is 2. The van der Waals surface area contributed by atoms with Gasteiger partial charge < -0.3 is 10.2 Å². The van der Waals surface area contributed by atoms with Crippen LogP contribution in [-0.2, 0) is 4.79 Å².